The summed E-state index contributed by atoms with van der Waals surface area (Å²) in [7, 11) is 5.82. The molecule has 1 amide bonds. The van der Waals surface area contributed by atoms with Gasteiger partial charge in [0.05, 0.1) is 24.5 Å². The van der Waals surface area contributed by atoms with Crippen LogP contribution in [0.15, 0.2) is 61.4 Å². The van der Waals surface area contributed by atoms with Crippen molar-refractivity contribution in [2.24, 2.45) is 5.73 Å². The van der Waals surface area contributed by atoms with E-state index in [9.17, 15) is 4.79 Å². The Bertz CT molecular complexity index is 1090. The minimum atomic E-state index is 0.0463. The van der Waals surface area contributed by atoms with Crippen LogP contribution < -0.4 is 5.73 Å². The molecule has 1 fully saturated rings. The molecule has 2 aliphatic rings. The summed E-state index contributed by atoms with van der Waals surface area (Å²) in [6.07, 6.45) is 3.31. The standard InChI is InChI=1S/C22H24BN5O.C2H5N/c1-15(23)26-8-6-16(7-9-26)20-13-18-14-27(10-11-28(18)25-20)22(29)21-12-17-4-2-3-5-19(17)24-21;1-2-3/h2-5,12-13,16,24H,1,6-11,14H2;2H,1,3H2. The van der Waals surface area contributed by atoms with E-state index >= 15 is 0 Å². The summed E-state index contributed by atoms with van der Waals surface area (Å²) in [5, 5.41) is 5.91. The Labute approximate surface area is 190 Å². The van der Waals surface area contributed by atoms with Crippen molar-refractivity contribution in [1.82, 2.24) is 24.6 Å². The van der Waals surface area contributed by atoms with Crippen LogP contribution in [0.3, 0.4) is 0 Å². The van der Waals surface area contributed by atoms with Gasteiger partial charge in [-0.25, -0.2) is 0 Å². The van der Waals surface area contributed by atoms with E-state index in [1.54, 1.807) is 0 Å². The number of rotatable bonds is 3. The number of carbonyl (C=O) groups excluding carboxylic acids is 1. The first-order valence-corrected chi connectivity index (χ1v) is 11.0. The summed E-state index contributed by atoms with van der Waals surface area (Å²) in [5.41, 5.74) is 9.16. The Hall–Kier alpha value is -3.42. The van der Waals surface area contributed by atoms with Gasteiger partial charge in [-0.05, 0) is 42.8 Å². The van der Waals surface area contributed by atoms with E-state index in [0.717, 1.165) is 54.8 Å². The fourth-order valence-corrected chi connectivity index (χ4v) is 4.48. The Balaban J connectivity index is 0.000000775. The SMILES string of the molecule is C=CN.[B]C(=C)N1CCC(c2cc3n(n2)CCN(C(=O)c2cc4ccccc4[nH]2)C3)CC1. The van der Waals surface area contributed by atoms with Crippen molar-refractivity contribution in [1.29, 1.82) is 0 Å². The second kappa shape index (κ2) is 9.38. The number of para-hydroxylation sites is 1. The third-order valence-corrected chi connectivity index (χ3v) is 6.18. The molecule has 0 aliphatic carbocycles. The van der Waals surface area contributed by atoms with Gasteiger partial charge in [0, 0.05) is 36.5 Å². The minimum Gasteiger partial charge on any atom is -0.405 e. The fraction of sp³-hybridized carbons (Fsp3) is 0.333. The van der Waals surface area contributed by atoms with Crippen LogP contribution in [0, 0.1) is 0 Å². The molecule has 5 rings (SSSR count). The van der Waals surface area contributed by atoms with E-state index in [0.29, 0.717) is 30.3 Å². The number of likely N-dealkylation sites (tertiary alicyclic amines) is 1. The smallest absolute Gasteiger partial charge is 0.270 e. The van der Waals surface area contributed by atoms with E-state index in [1.165, 1.54) is 6.20 Å². The third kappa shape index (κ3) is 4.44. The van der Waals surface area contributed by atoms with Crippen molar-refractivity contribution in [3.05, 3.63) is 78.4 Å². The zero-order valence-electron chi connectivity index (χ0n) is 18.3. The maximum Gasteiger partial charge on any atom is 0.270 e. The molecule has 2 aromatic heterocycles. The molecule has 164 valence electrons. The molecule has 4 heterocycles. The van der Waals surface area contributed by atoms with E-state index in [-0.39, 0.29) is 5.91 Å². The maximum absolute atomic E-state index is 13.0. The van der Waals surface area contributed by atoms with Crippen LogP contribution in [0.5, 0.6) is 0 Å². The second-order valence-corrected chi connectivity index (χ2v) is 8.27. The second-order valence-electron chi connectivity index (χ2n) is 8.27. The Kier molecular flexibility index (Phi) is 6.39. The number of fused-ring (bicyclic) bond motifs is 2. The number of hydrogen-bond acceptors (Lipinski definition) is 4. The van der Waals surface area contributed by atoms with E-state index in [1.807, 2.05) is 35.2 Å². The summed E-state index contributed by atoms with van der Waals surface area (Å²) >= 11 is 0. The van der Waals surface area contributed by atoms with Crippen LogP contribution in [0.4, 0.5) is 0 Å². The molecule has 0 atom stereocenters. The molecule has 3 N–H and O–H groups in total. The zero-order chi connectivity index (χ0) is 22.7. The molecule has 0 unspecified atom stereocenters. The molecule has 2 aliphatic heterocycles. The fourth-order valence-electron chi connectivity index (χ4n) is 4.48. The largest absolute Gasteiger partial charge is 0.405 e. The molecule has 32 heavy (non-hydrogen) atoms. The number of hydrogen-bond donors (Lipinski definition) is 2. The highest BCUT2D eigenvalue weighted by molar-refractivity contribution is 6.20. The van der Waals surface area contributed by atoms with Gasteiger partial charge in [-0.2, -0.15) is 5.10 Å². The first-order valence-electron chi connectivity index (χ1n) is 11.0. The molecule has 0 spiro atoms. The highest BCUT2D eigenvalue weighted by atomic mass is 16.2. The summed E-state index contributed by atoms with van der Waals surface area (Å²) in [6.45, 7) is 10.8. The maximum atomic E-state index is 13.0. The van der Waals surface area contributed by atoms with Crippen molar-refractivity contribution in [2.75, 3.05) is 19.6 Å². The number of H-pyrrole nitrogens is 1. The number of nitrogens with zero attached hydrogens (tertiary/aromatic N) is 4. The van der Waals surface area contributed by atoms with Gasteiger partial charge in [-0.15, -0.1) is 0 Å². The quantitative estimate of drug-likeness (QED) is 0.629. The molecule has 1 aromatic carbocycles. The van der Waals surface area contributed by atoms with Gasteiger partial charge in [0.15, 0.2) is 0 Å². The summed E-state index contributed by atoms with van der Waals surface area (Å²) in [4.78, 5) is 20.3. The Morgan fingerprint density at radius 1 is 1.16 bits per heavy atom. The molecule has 0 bridgehead atoms. The minimum absolute atomic E-state index is 0.0463. The van der Waals surface area contributed by atoms with E-state index in [2.05, 4.69) is 39.5 Å². The number of piperidine rings is 1. The van der Waals surface area contributed by atoms with Crippen molar-refractivity contribution < 1.29 is 4.79 Å². The number of nitrogens with two attached hydrogens (primary N) is 1. The van der Waals surface area contributed by atoms with Gasteiger partial charge in [-0.3, -0.25) is 9.48 Å². The van der Waals surface area contributed by atoms with Crippen LogP contribution in [-0.2, 0) is 13.1 Å². The van der Waals surface area contributed by atoms with Crippen LogP contribution in [0.1, 0.15) is 40.6 Å². The Morgan fingerprint density at radius 2 is 1.88 bits per heavy atom. The first-order chi connectivity index (χ1) is 15.5. The molecular weight excluding hydrogens is 399 g/mol. The molecule has 0 saturated carbocycles. The van der Waals surface area contributed by atoms with Gasteiger partial charge in [0.2, 0.25) is 0 Å². The average Bonchev–Trinajstić information content (AvgIpc) is 3.43. The monoisotopic (exact) mass is 428 g/mol. The van der Waals surface area contributed by atoms with Crippen molar-refractivity contribution in [3.63, 3.8) is 0 Å². The van der Waals surface area contributed by atoms with Crippen LogP contribution >= 0.6 is 0 Å². The predicted octanol–water partition coefficient (Wildman–Crippen LogP) is 2.93. The molecule has 7 nitrogen and oxygen atoms in total. The number of carbonyl (C=O) groups is 1. The van der Waals surface area contributed by atoms with Crippen LogP contribution in [-0.4, -0.2) is 58.0 Å². The highest BCUT2D eigenvalue weighted by Crippen LogP contribution is 2.30. The van der Waals surface area contributed by atoms with Gasteiger partial charge < -0.3 is 20.5 Å². The normalized spacial score (nSPS) is 16.2. The van der Waals surface area contributed by atoms with Crippen molar-refractivity contribution >= 4 is 24.7 Å². The number of nitrogens with one attached hydrogen (secondary N) is 1. The number of aromatic nitrogens is 3. The van der Waals surface area contributed by atoms with Crippen LogP contribution in [0.2, 0.25) is 0 Å². The lowest BCUT2D eigenvalue weighted by atomic mass is 9.91. The van der Waals surface area contributed by atoms with Gasteiger partial charge in [0.1, 0.15) is 13.5 Å². The highest BCUT2D eigenvalue weighted by Gasteiger charge is 2.27. The van der Waals surface area contributed by atoms with E-state index in [4.69, 9.17) is 12.9 Å². The lowest BCUT2D eigenvalue weighted by Crippen LogP contribution is -2.38. The first kappa shape index (κ1) is 21.8. The molecular formula is C24H29BN6O. The topological polar surface area (TPSA) is 83.2 Å². The average molecular weight is 428 g/mol. The molecule has 1 saturated heterocycles. The van der Waals surface area contributed by atoms with E-state index < -0.39 is 0 Å². The summed E-state index contributed by atoms with van der Waals surface area (Å²) < 4.78 is 2.07. The lowest BCUT2D eigenvalue weighted by Gasteiger charge is -2.33. The number of benzene rings is 1. The Morgan fingerprint density at radius 3 is 2.56 bits per heavy atom. The van der Waals surface area contributed by atoms with Crippen LogP contribution in [0.25, 0.3) is 10.9 Å². The van der Waals surface area contributed by atoms with Crippen molar-refractivity contribution in [2.45, 2.75) is 31.8 Å². The van der Waals surface area contributed by atoms with Gasteiger partial charge in [-0.1, -0.05) is 31.4 Å². The number of aromatic amines is 1. The number of amides is 1. The molecule has 2 radical (unpaired) electrons. The van der Waals surface area contributed by atoms with Crippen molar-refractivity contribution in [3.8, 4) is 0 Å². The summed E-state index contributed by atoms with van der Waals surface area (Å²) in [6, 6.07) is 12.1. The third-order valence-electron chi connectivity index (χ3n) is 6.18. The van der Waals surface area contributed by atoms with Gasteiger partial charge in [0.25, 0.3) is 5.91 Å². The zero-order valence-corrected chi connectivity index (χ0v) is 18.3. The molecule has 8 heteroatoms. The summed E-state index contributed by atoms with van der Waals surface area (Å²) in [5.74, 6) is 0.492. The molecule has 3 aromatic rings. The van der Waals surface area contributed by atoms with Gasteiger partial charge >= 0.3 is 0 Å². The predicted molar refractivity (Wildman–Crippen MR) is 128 cm³/mol. The lowest BCUT2D eigenvalue weighted by molar-refractivity contribution is 0.0701.